The molecule has 0 aliphatic heterocycles. The van der Waals surface area contributed by atoms with E-state index in [4.69, 9.17) is 9.47 Å². The Morgan fingerprint density at radius 2 is 1.63 bits per heavy atom. The summed E-state index contributed by atoms with van der Waals surface area (Å²) < 4.78 is 10.1. The molecule has 0 radical (unpaired) electrons. The predicted octanol–water partition coefficient (Wildman–Crippen LogP) is 3.21. The fraction of sp³-hybridized carbons (Fsp3) is 0.0952. The molecule has 0 fully saturated rings. The number of esters is 1. The van der Waals surface area contributed by atoms with E-state index in [1.54, 1.807) is 30.3 Å². The highest BCUT2D eigenvalue weighted by atomic mass is 16.6. The minimum Gasteiger partial charge on any atom is -0.481 e. The number of hydrogen-bond donors (Lipinski definition) is 1. The second-order valence-corrected chi connectivity index (χ2v) is 5.72. The smallest absolute Gasteiger partial charge is 0.344 e. The minimum absolute atomic E-state index is 0.282. The largest absolute Gasteiger partial charge is 0.481 e. The predicted molar refractivity (Wildman–Crippen MR) is 101 cm³/mol. The molecule has 0 bridgehead atoms. The van der Waals surface area contributed by atoms with Crippen LogP contribution in [0.15, 0.2) is 66.7 Å². The van der Waals surface area contributed by atoms with Gasteiger partial charge in [0.25, 0.3) is 5.91 Å². The van der Waals surface area contributed by atoms with Crippen LogP contribution in [-0.2, 0) is 14.3 Å². The number of carbonyl (C=O) groups is 3. The standard InChI is InChI=1S/C21H17NO5/c23-12-17-7-3-4-8-19(17)26-14-21(25)27-13-20(24)22-18-10-9-15-5-1-2-6-16(15)11-18/h1-12H,13-14H2,(H,22,24). The summed E-state index contributed by atoms with van der Waals surface area (Å²) in [6.07, 6.45) is 0.637. The maximum atomic E-state index is 12.0. The van der Waals surface area contributed by atoms with E-state index in [1.165, 1.54) is 0 Å². The zero-order chi connectivity index (χ0) is 19.1. The summed E-state index contributed by atoms with van der Waals surface area (Å²) in [5.74, 6) is -0.874. The van der Waals surface area contributed by atoms with Gasteiger partial charge in [0.1, 0.15) is 5.75 Å². The number of rotatable bonds is 7. The van der Waals surface area contributed by atoms with Gasteiger partial charge in [0.05, 0.1) is 5.56 Å². The summed E-state index contributed by atoms with van der Waals surface area (Å²) in [7, 11) is 0. The number of fused-ring (bicyclic) bond motifs is 1. The molecule has 6 heteroatoms. The fourth-order valence-corrected chi connectivity index (χ4v) is 2.50. The highest BCUT2D eigenvalue weighted by Gasteiger charge is 2.10. The first kappa shape index (κ1) is 18.1. The summed E-state index contributed by atoms with van der Waals surface area (Å²) in [4.78, 5) is 34.6. The lowest BCUT2D eigenvalue weighted by Crippen LogP contribution is -2.23. The Bertz CT molecular complexity index is 983. The van der Waals surface area contributed by atoms with E-state index in [-0.39, 0.29) is 5.75 Å². The van der Waals surface area contributed by atoms with Gasteiger partial charge in [0.15, 0.2) is 19.5 Å². The van der Waals surface area contributed by atoms with Crippen LogP contribution in [0.25, 0.3) is 10.8 Å². The minimum atomic E-state index is -0.704. The number of carbonyl (C=O) groups excluding carboxylic acids is 3. The number of hydrogen-bond acceptors (Lipinski definition) is 5. The summed E-state index contributed by atoms with van der Waals surface area (Å²) in [5.41, 5.74) is 0.949. The molecule has 6 nitrogen and oxygen atoms in total. The van der Waals surface area contributed by atoms with Crippen molar-refractivity contribution in [3.8, 4) is 5.75 Å². The lowest BCUT2D eigenvalue weighted by Gasteiger charge is -2.09. The van der Waals surface area contributed by atoms with Gasteiger partial charge in [-0.1, -0.05) is 42.5 Å². The van der Waals surface area contributed by atoms with Crippen LogP contribution in [0.3, 0.4) is 0 Å². The van der Waals surface area contributed by atoms with Gasteiger partial charge in [0.2, 0.25) is 0 Å². The number of amides is 1. The van der Waals surface area contributed by atoms with Gasteiger partial charge >= 0.3 is 5.97 Å². The van der Waals surface area contributed by atoms with Crippen LogP contribution in [0.1, 0.15) is 10.4 Å². The lowest BCUT2D eigenvalue weighted by molar-refractivity contribution is -0.149. The van der Waals surface area contributed by atoms with Crippen LogP contribution in [-0.4, -0.2) is 31.4 Å². The molecule has 1 amide bonds. The van der Waals surface area contributed by atoms with Crippen LogP contribution in [0.5, 0.6) is 5.75 Å². The molecular formula is C21H17NO5. The first-order valence-electron chi connectivity index (χ1n) is 8.27. The van der Waals surface area contributed by atoms with Crippen LogP contribution in [0, 0.1) is 0 Å². The van der Waals surface area contributed by atoms with Gasteiger partial charge in [-0.05, 0) is 35.0 Å². The first-order valence-corrected chi connectivity index (χ1v) is 8.27. The van der Waals surface area contributed by atoms with Crippen molar-refractivity contribution in [1.29, 1.82) is 0 Å². The van der Waals surface area contributed by atoms with Crippen molar-refractivity contribution in [2.45, 2.75) is 0 Å². The number of ether oxygens (including phenoxy) is 2. The maximum Gasteiger partial charge on any atom is 0.344 e. The molecule has 27 heavy (non-hydrogen) atoms. The molecule has 3 aromatic carbocycles. The van der Waals surface area contributed by atoms with Crippen LogP contribution in [0.4, 0.5) is 5.69 Å². The molecule has 3 rings (SSSR count). The molecule has 0 heterocycles. The van der Waals surface area contributed by atoms with Gasteiger partial charge < -0.3 is 14.8 Å². The molecule has 0 saturated heterocycles. The van der Waals surface area contributed by atoms with E-state index in [0.29, 0.717) is 17.5 Å². The van der Waals surface area contributed by atoms with Gasteiger partial charge in [0, 0.05) is 5.69 Å². The lowest BCUT2D eigenvalue weighted by atomic mass is 10.1. The Kier molecular flexibility index (Phi) is 5.79. The monoisotopic (exact) mass is 363 g/mol. The van der Waals surface area contributed by atoms with Crippen molar-refractivity contribution < 1.29 is 23.9 Å². The van der Waals surface area contributed by atoms with Crippen LogP contribution >= 0.6 is 0 Å². The van der Waals surface area contributed by atoms with Gasteiger partial charge in [-0.3, -0.25) is 9.59 Å². The Labute approximate surface area is 155 Å². The van der Waals surface area contributed by atoms with Crippen molar-refractivity contribution in [1.82, 2.24) is 0 Å². The van der Waals surface area contributed by atoms with Crippen molar-refractivity contribution in [2.24, 2.45) is 0 Å². The van der Waals surface area contributed by atoms with Gasteiger partial charge in [-0.2, -0.15) is 0 Å². The molecule has 0 saturated carbocycles. The Morgan fingerprint density at radius 1 is 0.889 bits per heavy atom. The molecule has 0 aliphatic rings. The second-order valence-electron chi connectivity index (χ2n) is 5.72. The van der Waals surface area contributed by atoms with Crippen molar-refractivity contribution in [2.75, 3.05) is 18.5 Å². The van der Waals surface area contributed by atoms with Gasteiger partial charge in [-0.15, -0.1) is 0 Å². The average Bonchev–Trinajstić information content (AvgIpc) is 2.70. The molecule has 0 atom stereocenters. The van der Waals surface area contributed by atoms with E-state index in [9.17, 15) is 14.4 Å². The van der Waals surface area contributed by atoms with Gasteiger partial charge in [-0.25, -0.2) is 4.79 Å². The SMILES string of the molecule is O=Cc1ccccc1OCC(=O)OCC(=O)Nc1ccc2ccccc2c1. The quantitative estimate of drug-likeness (QED) is 0.515. The normalized spacial score (nSPS) is 10.2. The highest BCUT2D eigenvalue weighted by Crippen LogP contribution is 2.19. The zero-order valence-corrected chi connectivity index (χ0v) is 14.4. The summed E-state index contributed by atoms with van der Waals surface area (Å²) in [6.45, 7) is -0.821. The molecule has 1 N–H and O–H groups in total. The highest BCUT2D eigenvalue weighted by molar-refractivity contribution is 5.95. The van der Waals surface area contributed by atoms with Crippen LogP contribution in [0.2, 0.25) is 0 Å². The molecule has 0 aromatic heterocycles. The molecule has 3 aromatic rings. The first-order chi connectivity index (χ1) is 13.2. The third kappa shape index (κ3) is 4.92. The number of anilines is 1. The summed E-state index contributed by atoms with van der Waals surface area (Å²) >= 11 is 0. The van der Waals surface area contributed by atoms with Crippen molar-refractivity contribution >= 4 is 34.6 Å². The van der Waals surface area contributed by atoms with E-state index in [2.05, 4.69) is 5.32 Å². The molecule has 0 unspecified atom stereocenters. The summed E-state index contributed by atoms with van der Waals surface area (Å²) in [6, 6.07) is 19.8. The number of nitrogens with one attached hydrogen (secondary N) is 1. The third-order valence-electron chi connectivity index (χ3n) is 3.79. The maximum absolute atomic E-state index is 12.0. The Balaban J connectivity index is 1.48. The third-order valence-corrected chi connectivity index (χ3v) is 3.79. The molecule has 136 valence electrons. The fourth-order valence-electron chi connectivity index (χ4n) is 2.50. The number of aldehydes is 1. The number of para-hydroxylation sites is 1. The number of benzene rings is 3. The Morgan fingerprint density at radius 3 is 2.44 bits per heavy atom. The molecule has 0 aliphatic carbocycles. The van der Waals surface area contributed by atoms with E-state index in [1.807, 2.05) is 36.4 Å². The average molecular weight is 363 g/mol. The molecule has 0 spiro atoms. The van der Waals surface area contributed by atoms with E-state index >= 15 is 0 Å². The van der Waals surface area contributed by atoms with Crippen LogP contribution < -0.4 is 10.1 Å². The van der Waals surface area contributed by atoms with E-state index < -0.39 is 25.1 Å². The topological polar surface area (TPSA) is 81.7 Å². The van der Waals surface area contributed by atoms with E-state index in [0.717, 1.165) is 10.8 Å². The zero-order valence-electron chi connectivity index (χ0n) is 14.4. The molecular weight excluding hydrogens is 346 g/mol. The second kappa shape index (κ2) is 8.62. The summed E-state index contributed by atoms with van der Waals surface area (Å²) in [5, 5.41) is 4.74. The van der Waals surface area contributed by atoms with Crippen molar-refractivity contribution in [3.63, 3.8) is 0 Å². The van der Waals surface area contributed by atoms with Crippen molar-refractivity contribution in [3.05, 3.63) is 72.3 Å². The Hall–Kier alpha value is -3.67.